The summed E-state index contributed by atoms with van der Waals surface area (Å²) in [5, 5.41) is 12.7. The topological polar surface area (TPSA) is 29.5 Å². The molecule has 0 saturated carbocycles. The Hall–Kier alpha value is -1.11. The van der Waals surface area contributed by atoms with Gasteiger partial charge in [-0.15, -0.1) is 11.3 Å². The monoisotopic (exact) mass is 276 g/mol. The molecule has 1 aromatic heterocycles. The fraction of sp³-hybridized carbons (Fsp3) is 0.333. The zero-order valence-corrected chi connectivity index (χ0v) is 10.1. The van der Waals surface area contributed by atoms with E-state index in [4.69, 9.17) is 0 Å². The predicted octanol–water partition coefficient (Wildman–Crippen LogP) is 3.51. The highest BCUT2D eigenvalue weighted by molar-refractivity contribution is 7.17. The van der Waals surface area contributed by atoms with E-state index in [9.17, 15) is 18.3 Å². The van der Waals surface area contributed by atoms with Crippen LogP contribution >= 0.6 is 11.3 Å². The summed E-state index contributed by atoms with van der Waals surface area (Å²) in [6, 6.07) is 7.24. The Bertz CT molecular complexity index is 521. The van der Waals surface area contributed by atoms with E-state index >= 15 is 0 Å². The van der Waals surface area contributed by atoms with Gasteiger partial charge in [-0.3, -0.25) is 0 Å². The zero-order valence-electron chi connectivity index (χ0n) is 9.28. The van der Waals surface area contributed by atoms with Crippen molar-refractivity contribution < 1.29 is 23.0 Å². The van der Waals surface area contributed by atoms with Gasteiger partial charge >= 0.3 is 6.18 Å². The van der Waals surface area contributed by atoms with E-state index in [-0.39, 0.29) is 6.61 Å². The molecule has 1 N–H and O–H groups in total. The van der Waals surface area contributed by atoms with Gasteiger partial charge in [0.05, 0.1) is 6.61 Å². The number of fused-ring (bicyclic) bond motifs is 1. The van der Waals surface area contributed by atoms with Crippen molar-refractivity contribution in [2.75, 3.05) is 13.2 Å². The van der Waals surface area contributed by atoms with Crippen LogP contribution in [0.2, 0.25) is 0 Å². The van der Waals surface area contributed by atoms with Crippen LogP contribution in [0.25, 0.3) is 10.1 Å². The Kier molecular flexibility index (Phi) is 3.89. The van der Waals surface area contributed by atoms with Crippen molar-refractivity contribution >= 4 is 21.4 Å². The molecule has 0 spiro atoms. The summed E-state index contributed by atoms with van der Waals surface area (Å²) in [5.41, 5.74) is 0.602. The van der Waals surface area contributed by atoms with E-state index in [0.717, 1.165) is 10.1 Å². The van der Waals surface area contributed by atoms with Gasteiger partial charge in [0, 0.05) is 10.3 Å². The lowest BCUT2D eigenvalue weighted by Crippen LogP contribution is -2.19. The third kappa shape index (κ3) is 3.22. The van der Waals surface area contributed by atoms with Crippen LogP contribution in [0.15, 0.2) is 29.6 Å². The van der Waals surface area contributed by atoms with Crippen LogP contribution in [0.3, 0.4) is 0 Å². The van der Waals surface area contributed by atoms with E-state index in [1.165, 1.54) is 11.3 Å². The van der Waals surface area contributed by atoms with Gasteiger partial charge in [0.1, 0.15) is 12.7 Å². The molecule has 1 unspecified atom stereocenters. The van der Waals surface area contributed by atoms with Crippen LogP contribution < -0.4 is 0 Å². The molecule has 2 nitrogen and oxygen atoms in total. The van der Waals surface area contributed by atoms with E-state index in [1.54, 1.807) is 12.1 Å². The van der Waals surface area contributed by atoms with Crippen molar-refractivity contribution in [1.82, 2.24) is 0 Å². The number of benzene rings is 1. The van der Waals surface area contributed by atoms with E-state index in [1.807, 2.05) is 17.5 Å². The minimum atomic E-state index is -4.37. The van der Waals surface area contributed by atoms with Gasteiger partial charge in [-0.2, -0.15) is 13.2 Å². The summed E-state index contributed by atoms with van der Waals surface area (Å²) in [6.07, 6.45) is -5.41. The maximum Gasteiger partial charge on any atom is 0.411 e. The summed E-state index contributed by atoms with van der Waals surface area (Å²) < 4.78 is 41.1. The number of thiophene rings is 1. The highest BCUT2D eigenvalue weighted by Gasteiger charge is 2.28. The average Bonchev–Trinajstić information content (AvgIpc) is 2.74. The number of hydrogen-bond acceptors (Lipinski definition) is 3. The Morgan fingerprint density at radius 3 is 2.78 bits per heavy atom. The smallest absolute Gasteiger partial charge is 0.386 e. The van der Waals surface area contributed by atoms with Crippen molar-refractivity contribution in [3.8, 4) is 0 Å². The van der Waals surface area contributed by atoms with Gasteiger partial charge in [-0.05, 0) is 16.8 Å². The molecular formula is C12H11F3O2S. The van der Waals surface area contributed by atoms with Crippen LogP contribution in [-0.4, -0.2) is 24.5 Å². The van der Waals surface area contributed by atoms with Crippen molar-refractivity contribution in [3.63, 3.8) is 0 Å². The molecule has 1 atom stereocenters. The number of aliphatic hydroxyl groups excluding tert-OH is 1. The normalized spacial score (nSPS) is 14.0. The minimum absolute atomic E-state index is 0.365. The summed E-state index contributed by atoms with van der Waals surface area (Å²) in [7, 11) is 0. The molecule has 0 aliphatic carbocycles. The lowest BCUT2D eigenvalue weighted by Gasteiger charge is -2.13. The van der Waals surface area contributed by atoms with Crippen LogP contribution in [0.4, 0.5) is 13.2 Å². The van der Waals surface area contributed by atoms with Crippen molar-refractivity contribution in [2.24, 2.45) is 0 Å². The van der Waals surface area contributed by atoms with Gasteiger partial charge in [0.25, 0.3) is 0 Å². The molecule has 98 valence electrons. The Balaban J connectivity index is 2.05. The standard InChI is InChI=1S/C12H11F3O2S/c13-12(14,15)7-17-6-10(16)9-3-1-2-8-4-5-18-11(8)9/h1-5,10,16H,6-7H2. The van der Waals surface area contributed by atoms with Crippen molar-refractivity contribution in [3.05, 3.63) is 35.2 Å². The van der Waals surface area contributed by atoms with E-state index in [2.05, 4.69) is 4.74 Å². The molecule has 0 amide bonds. The van der Waals surface area contributed by atoms with Crippen LogP contribution in [-0.2, 0) is 4.74 Å². The second-order valence-corrected chi connectivity index (χ2v) is 4.75. The number of alkyl halides is 3. The number of rotatable bonds is 4. The maximum atomic E-state index is 11.9. The SMILES string of the molecule is OC(COCC(F)(F)F)c1cccc2ccsc12. The second-order valence-electron chi connectivity index (χ2n) is 3.83. The first-order chi connectivity index (χ1) is 8.47. The molecular weight excluding hydrogens is 265 g/mol. The molecule has 6 heteroatoms. The Labute approximate surface area is 106 Å². The average molecular weight is 276 g/mol. The zero-order chi connectivity index (χ0) is 13.2. The molecule has 18 heavy (non-hydrogen) atoms. The summed E-state index contributed by atoms with van der Waals surface area (Å²) in [5.74, 6) is 0. The van der Waals surface area contributed by atoms with Gasteiger partial charge < -0.3 is 9.84 Å². The summed E-state index contributed by atoms with van der Waals surface area (Å²) in [6.45, 7) is -1.71. The molecule has 1 heterocycles. The molecule has 1 aromatic carbocycles. The lowest BCUT2D eigenvalue weighted by atomic mass is 10.1. The maximum absolute atomic E-state index is 11.9. The highest BCUT2D eigenvalue weighted by Crippen LogP contribution is 2.29. The fourth-order valence-electron chi connectivity index (χ4n) is 1.65. The molecule has 0 aliphatic rings. The van der Waals surface area contributed by atoms with Gasteiger partial charge in [0.15, 0.2) is 0 Å². The lowest BCUT2D eigenvalue weighted by molar-refractivity contribution is -0.179. The molecule has 0 saturated heterocycles. The molecule has 2 rings (SSSR count). The van der Waals surface area contributed by atoms with Crippen LogP contribution in [0.1, 0.15) is 11.7 Å². The summed E-state index contributed by atoms with van der Waals surface area (Å²) in [4.78, 5) is 0. The second kappa shape index (κ2) is 5.26. The molecule has 0 aliphatic heterocycles. The number of aliphatic hydroxyl groups is 1. The van der Waals surface area contributed by atoms with E-state index in [0.29, 0.717) is 5.56 Å². The van der Waals surface area contributed by atoms with Crippen LogP contribution in [0, 0.1) is 0 Å². The Morgan fingerprint density at radius 2 is 2.06 bits per heavy atom. The summed E-state index contributed by atoms with van der Waals surface area (Å²) >= 11 is 1.44. The van der Waals surface area contributed by atoms with Gasteiger partial charge in [-0.1, -0.05) is 18.2 Å². The highest BCUT2D eigenvalue weighted by atomic mass is 32.1. The van der Waals surface area contributed by atoms with Gasteiger partial charge in [0.2, 0.25) is 0 Å². The predicted molar refractivity (Wildman–Crippen MR) is 63.7 cm³/mol. The number of halogens is 3. The Morgan fingerprint density at radius 1 is 1.28 bits per heavy atom. The quantitative estimate of drug-likeness (QED) is 0.926. The molecule has 0 fully saturated rings. The number of hydrogen-bond donors (Lipinski definition) is 1. The number of ether oxygens (including phenoxy) is 1. The van der Waals surface area contributed by atoms with Crippen molar-refractivity contribution in [2.45, 2.75) is 12.3 Å². The largest absolute Gasteiger partial charge is 0.411 e. The van der Waals surface area contributed by atoms with Gasteiger partial charge in [-0.25, -0.2) is 0 Å². The fourth-order valence-corrected chi connectivity index (χ4v) is 2.62. The van der Waals surface area contributed by atoms with Crippen molar-refractivity contribution in [1.29, 1.82) is 0 Å². The molecule has 0 radical (unpaired) electrons. The third-order valence-corrected chi connectivity index (χ3v) is 3.39. The first-order valence-corrected chi connectivity index (χ1v) is 6.14. The first kappa shape index (κ1) is 13.3. The third-order valence-electron chi connectivity index (χ3n) is 2.41. The van der Waals surface area contributed by atoms with E-state index < -0.39 is 18.9 Å². The molecule has 2 aromatic rings. The first-order valence-electron chi connectivity index (χ1n) is 5.26. The molecule has 0 bridgehead atoms. The minimum Gasteiger partial charge on any atom is -0.386 e. The van der Waals surface area contributed by atoms with Crippen LogP contribution in [0.5, 0.6) is 0 Å².